The van der Waals surface area contributed by atoms with Crippen molar-refractivity contribution >= 4 is 39.5 Å². The Hall–Kier alpha value is -3.62. The molecule has 1 atom stereocenters. The van der Waals surface area contributed by atoms with E-state index >= 15 is 0 Å². The second-order valence-electron chi connectivity index (χ2n) is 7.22. The van der Waals surface area contributed by atoms with E-state index in [9.17, 15) is 9.18 Å². The highest BCUT2D eigenvalue weighted by atomic mass is 19.1. The number of rotatable bonds is 3. The Kier molecular flexibility index (Phi) is 3.73. The van der Waals surface area contributed by atoms with Gasteiger partial charge >= 0.3 is 5.69 Å². The zero-order valence-electron chi connectivity index (χ0n) is 16.1. The summed E-state index contributed by atoms with van der Waals surface area (Å²) < 4.78 is 16.6. The molecule has 1 N–H and O–H groups in total. The molecule has 3 aromatic heterocycles. The largest absolute Gasteiger partial charge is 0.334 e. The van der Waals surface area contributed by atoms with E-state index < -0.39 is 6.17 Å². The van der Waals surface area contributed by atoms with Crippen LogP contribution in [-0.4, -0.2) is 35.2 Å². The monoisotopic (exact) mass is 391 g/mol. The summed E-state index contributed by atoms with van der Waals surface area (Å²) in [6.45, 7) is 3.66. The van der Waals surface area contributed by atoms with Crippen molar-refractivity contribution in [2.24, 2.45) is 7.05 Å². The van der Waals surface area contributed by atoms with Gasteiger partial charge in [-0.25, -0.2) is 18.7 Å². The summed E-state index contributed by atoms with van der Waals surface area (Å²) in [7, 11) is 1.66. The first-order valence-electron chi connectivity index (χ1n) is 9.21. The fourth-order valence-corrected chi connectivity index (χ4v) is 3.59. The van der Waals surface area contributed by atoms with E-state index in [-0.39, 0.29) is 12.1 Å². The molecular weight excluding hydrogens is 373 g/mol. The zero-order chi connectivity index (χ0) is 20.3. The number of hydrogen-bond acceptors (Lipinski definition) is 6. The van der Waals surface area contributed by atoms with E-state index in [0.717, 1.165) is 22.3 Å². The van der Waals surface area contributed by atoms with Crippen molar-refractivity contribution in [2.45, 2.75) is 26.4 Å². The maximum absolute atomic E-state index is 13.7. The molecule has 5 rings (SSSR count). The smallest absolute Gasteiger partial charge is 0.324 e. The standard InChI is InChI=1S/C20H18FN7O/c1-10-6-14-15(23-5-4-22-14)8-13(10)25-19-24-9-17-18(26-19)28(20(29)27(17)3)16-7-12(21)11(16)2/h4-6,8-9,12H,7H2,1-3H3,(H,24,25,26). The third-order valence-corrected chi connectivity index (χ3v) is 5.43. The van der Waals surface area contributed by atoms with E-state index in [2.05, 4.69) is 25.3 Å². The Labute approximate surface area is 164 Å². The number of allylic oxidation sites excluding steroid dienone is 2. The topological polar surface area (TPSA) is 90.5 Å². The van der Waals surface area contributed by atoms with Crippen molar-refractivity contribution in [3.05, 3.63) is 52.3 Å². The molecule has 8 nitrogen and oxygen atoms in total. The van der Waals surface area contributed by atoms with Gasteiger partial charge in [0.25, 0.3) is 0 Å². The summed E-state index contributed by atoms with van der Waals surface area (Å²) in [4.78, 5) is 30.3. The van der Waals surface area contributed by atoms with Crippen molar-refractivity contribution in [1.29, 1.82) is 0 Å². The number of aromatic nitrogens is 6. The molecule has 29 heavy (non-hydrogen) atoms. The van der Waals surface area contributed by atoms with Crippen molar-refractivity contribution < 1.29 is 4.39 Å². The Balaban J connectivity index is 1.62. The molecule has 1 unspecified atom stereocenters. The van der Waals surface area contributed by atoms with Crippen molar-refractivity contribution in [3.63, 3.8) is 0 Å². The molecule has 0 amide bonds. The molecule has 146 valence electrons. The maximum atomic E-state index is 13.7. The van der Waals surface area contributed by atoms with Crippen molar-refractivity contribution in [1.82, 2.24) is 29.1 Å². The van der Waals surface area contributed by atoms with Gasteiger partial charge in [0, 0.05) is 37.2 Å². The molecule has 3 heterocycles. The van der Waals surface area contributed by atoms with Crippen LogP contribution in [0.4, 0.5) is 16.0 Å². The van der Waals surface area contributed by atoms with Gasteiger partial charge in [-0.05, 0) is 37.1 Å². The molecule has 0 fully saturated rings. The predicted molar refractivity (Wildman–Crippen MR) is 109 cm³/mol. The summed E-state index contributed by atoms with van der Waals surface area (Å²) >= 11 is 0. The number of nitrogens with zero attached hydrogens (tertiary/aromatic N) is 6. The van der Waals surface area contributed by atoms with Gasteiger partial charge in [-0.15, -0.1) is 0 Å². The number of alkyl halides is 1. The lowest BCUT2D eigenvalue weighted by Gasteiger charge is -2.25. The zero-order valence-corrected chi connectivity index (χ0v) is 16.1. The van der Waals surface area contributed by atoms with Gasteiger partial charge in [0.1, 0.15) is 11.7 Å². The third kappa shape index (κ3) is 2.61. The van der Waals surface area contributed by atoms with Crippen LogP contribution in [0.15, 0.2) is 41.1 Å². The van der Waals surface area contributed by atoms with E-state index in [1.807, 2.05) is 19.1 Å². The number of hydrogen-bond donors (Lipinski definition) is 1. The predicted octanol–water partition coefficient (Wildman–Crippen LogP) is 3.10. The quantitative estimate of drug-likeness (QED) is 0.577. The average Bonchev–Trinajstić information content (AvgIpc) is 2.96. The molecule has 0 saturated carbocycles. The lowest BCUT2D eigenvalue weighted by Crippen LogP contribution is -2.29. The van der Waals surface area contributed by atoms with Crippen LogP contribution in [-0.2, 0) is 7.05 Å². The number of halogens is 1. The van der Waals surface area contributed by atoms with Crippen LogP contribution in [0, 0.1) is 6.92 Å². The highest BCUT2D eigenvalue weighted by Crippen LogP contribution is 2.35. The molecular formula is C20H18FN7O. The molecule has 1 aliphatic rings. The highest BCUT2D eigenvalue weighted by molar-refractivity contribution is 5.82. The fraction of sp³-hybridized carbons (Fsp3) is 0.250. The summed E-state index contributed by atoms with van der Waals surface area (Å²) in [5.74, 6) is 0.345. The molecule has 0 aliphatic heterocycles. The van der Waals surface area contributed by atoms with Gasteiger partial charge in [-0.3, -0.25) is 14.5 Å². The van der Waals surface area contributed by atoms with E-state index in [0.29, 0.717) is 28.4 Å². The first-order chi connectivity index (χ1) is 13.9. The number of aryl methyl sites for hydroxylation is 2. The Morgan fingerprint density at radius 2 is 1.86 bits per heavy atom. The molecule has 1 aliphatic carbocycles. The minimum Gasteiger partial charge on any atom is -0.324 e. The number of benzene rings is 1. The van der Waals surface area contributed by atoms with Gasteiger partial charge in [-0.1, -0.05) is 0 Å². The van der Waals surface area contributed by atoms with E-state index in [1.54, 1.807) is 32.6 Å². The number of imidazole rings is 1. The molecule has 0 saturated heterocycles. The Bertz CT molecular complexity index is 1390. The lowest BCUT2D eigenvalue weighted by molar-refractivity contribution is 0.357. The summed E-state index contributed by atoms with van der Waals surface area (Å²) in [5, 5.41) is 3.20. The highest BCUT2D eigenvalue weighted by Gasteiger charge is 2.30. The van der Waals surface area contributed by atoms with Crippen molar-refractivity contribution in [3.8, 4) is 0 Å². The van der Waals surface area contributed by atoms with Gasteiger partial charge in [-0.2, -0.15) is 4.98 Å². The number of fused-ring (bicyclic) bond motifs is 2. The average molecular weight is 391 g/mol. The maximum Gasteiger partial charge on any atom is 0.334 e. The minimum absolute atomic E-state index is 0.208. The minimum atomic E-state index is -1.01. The van der Waals surface area contributed by atoms with Gasteiger partial charge in [0.15, 0.2) is 5.65 Å². The molecule has 1 aromatic carbocycles. The SMILES string of the molecule is CC1=C(n2c(=O)n(C)c3cnc(Nc4cc5nccnc5cc4C)nc32)CC1F. The van der Waals surface area contributed by atoms with Crippen LogP contribution in [0.1, 0.15) is 18.9 Å². The summed E-state index contributed by atoms with van der Waals surface area (Å²) in [6.07, 6.45) is 4.09. The van der Waals surface area contributed by atoms with Crippen LogP contribution in [0.25, 0.3) is 27.9 Å². The second kappa shape index (κ2) is 6.20. The second-order valence-corrected chi connectivity index (χ2v) is 7.22. The number of anilines is 2. The third-order valence-electron chi connectivity index (χ3n) is 5.43. The van der Waals surface area contributed by atoms with Crippen LogP contribution in [0.5, 0.6) is 0 Å². The summed E-state index contributed by atoms with van der Waals surface area (Å²) in [6, 6.07) is 3.82. The summed E-state index contributed by atoms with van der Waals surface area (Å²) in [5.41, 5.74) is 5.32. The number of nitrogens with one attached hydrogen (secondary N) is 1. The fourth-order valence-electron chi connectivity index (χ4n) is 3.59. The molecule has 0 spiro atoms. The van der Waals surface area contributed by atoms with Crippen LogP contribution >= 0.6 is 0 Å². The van der Waals surface area contributed by atoms with Gasteiger partial charge < -0.3 is 5.32 Å². The Morgan fingerprint density at radius 3 is 2.55 bits per heavy atom. The lowest BCUT2D eigenvalue weighted by atomic mass is 9.93. The molecule has 9 heteroatoms. The first-order valence-corrected chi connectivity index (χ1v) is 9.21. The van der Waals surface area contributed by atoms with E-state index in [4.69, 9.17) is 0 Å². The van der Waals surface area contributed by atoms with Crippen LogP contribution in [0.2, 0.25) is 0 Å². The van der Waals surface area contributed by atoms with Gasteiger partial charge in [0.2, 0.25) is 5.95 Å². The van der Waals surface area contributed by atoms with Gasteiger partial charge in [0.05, 0.1) is 17.2 Å². The molecule has 0 radical (unpaired) electrons. The van der Waals surface area contributed by atoms with Crippen LogP contribution < -0.4 is 11.0 Å². The Morgan fingerprint density at radius 1 is 1.14 bits per heavy atom. The normalized spacial score (nSPS) is 16.5. The van der Waals surface area contributed by atoms with Crippen molar-refractivity contribution in [2.75, 3.05) is 5.32 Å². The first kappa shape index (κ1) is 17.5. The molecule has 4 aromatic rings. The molecule has 0 bridgehead atoms. The van der Waals surface area contributed by atoms with E-state index in [1.165, 1.54) is 9.13 Å². The van der Waals surface area contributed by atoms with Crippen LogP contribution in [0.3, 0.4) is 0 Å².